The highest BCUT2D eigenvalue weighted by molar-refractivity contribution is 6.01. The Hall–Kier alpha value is -3.36. The fraction of sp³-hybridized carbons (Fsp3) is 0.333. The number of carbonyl (C=O) groups excluding carboxylic acids is 1. The number of carbonyl (C=O) groups is 1. The number of aromatic nitrogens is 1. The fourth-order valence-electron chi connectivity index (χ4n) is 4.35. The van der Waals surface area contributed by atoms with Crippen LogP contribution in [0.2, 0.25) is 0 Å². The lowest BCUT2D eigenvalue weighted by Gasteiger charge is -2.18. The standard InChI is InChI=1S/C27H31N3O2/c1-19-15-24(21(3)30(19)20(2)18-32-5)16-25(17-28)27(31)29(4)14-13-23-11-8-10-22-9-6-7-12-26(22)23/h6-12,15-16,20H,13-14,18H2,1-5H3. The summed E-state index contributed by atoms with van der Waals surface area (Å²) in [6.45, 7) is 7.26. The minimum absolute atomic E-state index is 0.144. The van der Waals surface area contributed by atoms with Crippen LogP contribution in [0.15, 0.2) is 54.1 Å². The molecule has 1 aromatic heterocycles. The molecule has 1 amide bonds. The van der Waals surface area contributed by atoms with Crippen molar-refractivity contribution >= 4 is 22.8 Å². The Balaban J connectivity index is 1.77. The molecular weight excluding hydrogens is 398 g/mol. The SMILES string of the molecule is COCC(C)n1c(C)cc(C=C(C#N)C(=O)N(C)CCc2cccc3ccccc23)c1C. The second-order valence-electron chi connectivity index (χ2n) is 8.29. The molecule has 0 spiro atoms. The van der Waals surface area contributed by atoms with E-state index in [4.69, 9.17) is 4.74 Å². The van der Waals surface area contributed by atoms with Crippen LogP contribution in [0.3, 0.4) is 0 Å². The van der Waals surface area contributed by atoms with E-state index < -0.39 is 0 Å². The van der Waals surface area contributed by atoms with Crippen molar-refractivity contribution in [3.63, 3.8) is 0 Å². The Morgan fingerprint density at radius 3 is 2.66 bits per heavy atom. The topological polar surface area (TPSA) is 58.3 Å². The van der Waals surface area contributed by atoms with Crippen LogP contribution < -0.4 is 0 Å². The quantitative estimate of drug-likeness (QED) is 0.371. The predicted molar refractivity (Wildman–Crippen MR) is 129 cm³/mol. The minimum atomic E-state index is -0.262. The van der Waals surface area contributed by atoms with Crippen LogP contribution in [0.25, 0.3) is 16.8 Å². The van der Waals surface area contributed by atoms with Crippen molar-refractivity contribution in [2.45, 2.75) is 33.2 Å². The van der Waals surface area contributed by atoms with Gasteiger partial charge in [-0.1, -0.05) is 42.5 Å². The number of hydrogen-bond acceptors (Lipinski definition) is 3. The highest BCUT2D eigenvalue weighted by Gasteiger charge is 2.18. The van der Waals surface area contributed by atoms with Gasteiger partial charge < -0.3 is 14.2 Å². The molecule has 0 N–H and O–H groups in total. The first-order valence-electron chi connectivity index (χ1n) is 10.9. The van der Waals surface area contributed by atoms with Gasteiger partial charge in [-0.15, -0.1) is 0 Å². The highest BCUT2D eigenvalue weighted by Crippen LogP contribution is 2.23. The summed E-state index contributed by atoms with van der Waals surface area (Å²) in [5, 5.41) is 12.1. The monoisotopic (exact) mass is 429 g/mol. The van der Waals surface area contributed by atoms with E-state index in [-0.39, 0.29) is 17.5 Å². The third kappa shape index (κ3) is 4.92. The molecule has 0 aliphatic rings. The van der Waals surface area contributed by atoms with E-state index in [2.05, 4.69) is 41.8 Å². The molecule has 1 unspecified atom stereocenters. The van der Waals surface area contributed by atoms with Crippen molar-refractivity contribution in [2.75, 3.05) is 27.3 Å². The number of aryl methyl sites for hydroxylation is 1. The first-order chi connectivity index (χ1) is 15.4. The summed E-state index contributed by atoms with van der Waals surface area (Å²) < 4.78 is 7.47. The Labute approximate surface area is 190 Å². The van der Waals surface area contributed by atoms with Crippen molar-refractivity contribution in [2.24, 2.45) is 0 Å². The van der Waals surface area contributed by atoms with E-state index in [0.29, 0.717) is 13.2 Å². The molecule has 3 rings (SSSR count). The summed E-state index contributed by atoms with van der Waals surface area (Å²) in [6, 6.07) is 18.8. The third-order valence-electron chi connectivity index (χ3n) is 5.97. The van der Waals surface area contributed by atoms with E-state index in [1.165, 1.54) is 16.3 Å². The number of methoxy groups -OCH3 is 1. The number of benzene rings is 2. The smallest absolute Gasteiger partial charge is 0.264 e. The number of nitriles is 1. The van der Waals surface area contributed by atoms with E-state index in [0.717, 1.165) is 23.4 Å². The number of rotatable bonds is 8. The zero-order valence-electron chi connectivity index (χ0n) is 19.6. The summed E-state index contributed by atoms with van der Waals surface area (Å²) in [4.78, 5) is 14.6. The molecule has 0 aliphatic carbocycles. The second-order valence-corrected chi connectivity index (χ2v) is 8.29. The van der Waals surface area contributed by atoms with E-state index in [1.807, 2.05) is 38.1 Å². The molecule has 1 heterocycles. The van der Waals surface area contributed by atoms with Crippen LogP contribution >= 0.6 is 0 Å². The van der Waals surface area contributed by atoms with Crippen LogP contribution in [0.1, 0.15) is 35.5 Å². The Bertz CT molecular complexity index is 1180. The van der Waals surface area contributed by atoms with Gasteiger partial charge in [0.1, 0.15) is 11.6 Å². The van der Waals surface area contributed by atoms with E-state index in [1.54, 1.807) is 25.1 Å². The van der Waals surface area contributed by atoms with Gasteiger partial charge in [0.2, 0.25) is 0 Å². The highest BCUT2D eigenvalue weighted by atomic mass is 16.5. The number of likely N-dealkylation sites (N-methyl/N-ethyl adjacent to an activating group) is 1. The first-order valence-corrected chi connectivity index (χ1v) is 10.9. The molecule has 5 nitrogen and oxygen atoms in total. The zero-order valence-corrected chi connectivity index (χ0v) is 19.6. The minimum Gasteiger partial charge on any atom is -0.383 e. The summed E-state index contributed by atoms with van der Waals surface area (Å²) >= 11 is 0. The molecule has 5 heteroatoms. The number of fused-ring (bicyclic) bond motifs is 1. The molecule has 0 radical (unpaired) electrons. The Morgan fingerprint density at radius 2 is 1.94 bits per heavy atom. The molecular formula is C27H31N3O2. The van der Waals surface area contributed by atoms with Gasteiger partial charge in [0.15, 0.2) is 0 Å². The molecule has 32 heavy (non-hydrogen) atoms. The largest absolute Gasteiger partial charge is 0.383 e. The molecule has 0 bridgehead atoms. The first kappa shape index (κ1) is 23.3. The van der Waals surface area contributed by atoms with Gasteiger partial charge in [-0.05, 0) is 61.2 Å². The maximum absolute atomic E-state index is 13.0. The van der Waals surface area contributed by atoms with Crippen LogP contribution in [0, 0.1) is 25.2 Å². The van der Waals surface area contributed by atoms with Crippen molar-refractivity contribution in [1.82, 2.24) is 9.47 Å². The summed E-state index contributed by atoms with van der Waals surface area (Å²) in [5.41, 5.74) is 4.32. The summed E-state index contributed by atoms with van der Waals surface area (Å²) in [5.74, 6) is -0.262. The zero-order chi connectivity index (χ0) is 23.3. The average Bonchev–Trinajstić information content (AvgIpc) is 3.08. The molecule has 0 saturated heterocycles. The molecule has 3 aromatic rings. The van der Waals surface area contributed by atoms with Gasteiger partial charge in [0.25, 0.3) is 5.91 Å². The maximum atomic E-state index is 13.0. The van der Waals surface area contributed by atoms with Crippen molar-refractivity contribution in [3.8, 4) is 6.07 Å². The lowest BCUT2D eigenvalue weighted by Crippen LogP contribution is -2.29. The lowest BCUT2D eigenvalue weighted by atomic mass is 10.0. The van der Waals surface area contributed by atoms with Crippen molar-refractivity contribution in [1.29, 1.82) is 5.26 Å². The van der Waals surface area contributed by atoms with Gasteiger partial charge in [-0.2, -0.15) is 5.26 Å². The molecule has 1 atom stereocenters. The summed E-state index contributed by atoms with van der Waals surface area (Å²) in [6.07, 6.45) is 2.43. The number of ether oxygens (including phenoxy) is 1. The van der Waals surface area contributed by atoms with Crippen LogP contribution in [-0.4, -0.2) is 42.7 Å². The maximum Gasteiger partial charge on any atom is 0.264 e. The van der Waals surface area contributed by atoms with Crippen molar-refractivity contribution in [3.05, 3.63) is 76.6 Å². The Kier molecular flexibility index (Phi) is 7.50. The Morgan fingerprint density at radius 1 is 1.22 bits per heavy atom. The fourth-order valence-corrected chi connectivity index (χ4v) is 4.35. The average molecular weight is 430 g/mol. The predicted octanol–water partition coefficient (Wildman–Crippen LogP) is 5.07. The van der Waals surface area contributed by atoms with Gasteiger partial charge in [-0.3, -0.25) is 4.79 Å². The van der Waals surface area contributed by atoms with Crippen molar-refractivity contribution < 1.29 is 9.53 Å². The number of amides is 1. The van der Waals surface area contributed by atoms with Crippen LogP contribution in [-0.2, 0) is 16.0 Å². The third-order valence-corrected chi connectivity index (χ3v) is 5.97. The van der Waals surface area contributed by atoms with E-state index in [9.17, 15) is 10.1 Å². The lowest BCUT2D eigenvalue weighted by molar-refractivity contribution is -0.125. The molecule has 0 fully saturated rings. The number of hydrogen-bond donors (Lipinski definition) is 0. The molecule has 2 aromatic carbocycles. The van der Waals surface area contributed by atoms with Crippen LogP contribution in [0.5, 0.6) is 0 Å². The molecule has 0 aliphatic heterocycles. The number of nitrogens with zero attached hydrogens (tertiary/aromatic N) is 3. The van der Waals surface area contributed by atoms with Gasteiger partial charge in [0, 0.05) is 32.1 Å². The molecule has 166 valence electrons. The van der Waals surface area contributed by atoms with Gasteiger partial charge >= 0.3 is 0 Å². The molecule has 0 saturated carbocycles. The second kappa shape index (κ2) is 10.3. The van der Waals surface area contributed by atoms with E-state index >= 15 is 0 Å². The van der Waals surface area contributed by atoms with Crippen LogP contribution in [0.4, 0.5) is 0 Å². The summed E-state index contributed by atoms with van der Waals surface area (Å²) in [7, 11) is 3.44. The normalized spacial score (nSPS) is 12.6. The van der Waals surface area contributed by atoms with Gasteiger partial charge in [0.05, 0.1) is 12.6 Å². The van der Waals surface area contributed by atoms with Gasteiger partial charge in [-0.25, -0.2) is 0 Å².